The van der Waals surface area contributed by atoms with Crippen molar-refractivity contribution >= 4 is 5.91 Å². The topological polar surface area (TPSA) is 29.1 Å². The van der Waals surface area contributed by atoms with E-state index in [9.17, 15) is 4.79 Å². The minimum absolute atomic E-state index is 0.121. The number of hydrogen-bond donors (Lipinski definition) is 1. The lowest BCUT2D eigenvalue weighted by atomic mass is 9.84. The molecule has 74 valence electrons. The lowest BCUT2D eigenvalue weighted by molar-refractivity contribution is -0.120. The van der Waals surface area contributed by atoms with Gasteiger partial charge in [-0.1, -0.05) is 6.42 Å². The highest BCUT2D eigenvalue weighted by atomic mass is 16.1. The van der Waals surface area contributed by atoms with Gasteiger partial charge in [0.1, 0.15) is 0 Å². The molecular formula is C11H19NO. The van der Waals surface area contributed by atoms with Crippen molar-refractivity contribution in [2.75, 3.05) is 0 Å². The molecule has 2 bridgehead atoms. The number of fused-ring (bicyclic) bond motifs is 2. The largest absolute Gasteiger partial charge is 0.354 e. The summed E-state index contributed by atoms with van der Waals surface area (Å²) in [6, 6.07) is 0.396. The Morgan fingerprint density at radius 1 is 1.38 bits per heavy atom. The molecule has 2 aliphatic carbocycles. The molecule has 0 saturated heterocycles. The fourth-order valence-corrected chi connectivity index (χ4v) is 3.33. The maximum Gasteiger partial charge on any atom is 0.217 e. The summed E-state index contributed by atoms with van der Waals surface area (Å²) in [7, 11) is 0. The second kappa shape index (κ2) is 3.32. The first-order valence-corrected chi connectivity index (χ1v) is 5.44. The van der Waals surface area contributed by atoms with E-state index in [1.807, 2.05) is 0 Å². The molecule has 1 N–H and O–H groups in total. The summed E-state index contributed by atoms with van der Waals surface area (Å²) in [6.45, 7) is 3.77. The number of rotatable bonds is 2. The minimum Gasteiger partial charge on any atom is -0.354 e. The van der Waals surface area contributed by atoms with E-state index in [1.54, 1.807) is 6.92 Å². The van der Waals surface area contributed by atoms with Crippen LogP contribution in [0.2, 0.25) is 0 Å². The summed E-state index contributed by atoms with van der Waals surface area (Å²) in [5.41, 5.74) is 0. The SMILES string of the molecule is CC(=O)N[C@H](C)[C@@H]1C[C@H]2CC[C@H]1C2. The lowest BCUT2D eigenvalue weighted by Gasteiger charge is -2.28. The average molecular weight is 181 g/mol. The van der Waals surface area contributed by atoms with E-state index in [2.05, 4.69) is 12.2 Å². The molecule has 0 radical (unpaired) electrons. The van der Waals surface area contributed by atoms with Gasteiger partial charge in [0.15, 0.2) is 0 Å². The van der Waals surface area contributed by atoms with E-state index in [1.165, 1.54) is 25.7 Å². The molecule has 0 unspecified atom stereocenters. The molecule has 1 amide bonds. The number of nitrogens with one attached hydrogen (secondary N) is 1. The van der Waals surface area contributed by atoms with Crippen molar-refractivity contribution in [3.8, 4) is 0 Å². The first-order valence-electron chi connectivity index (χ1n) is 5.44. The Morgan fingerprint density at radius 2 is 2.15 bits per heavy atom. The van der Waals surface area contributed by atoms with Crippen LogP contribution in [-0.2, 0) is 4.79 Å². The third-order valence-corrected chi connectivity index (χ3v) is 3.87. The quantitative estimate of drug-likeness (QED) is 0.693. The fourth-order valence-electron chi connectivity index (χ4n) is 3.33. The van der Waals surface area contributed by atoms with Crippen LogP contribution in [0.1, 0.15) is 39.5 Å². The Kier molecular flexibility index (Phi) is 2.31. The second-order valence-corrected chi connectivity index (χ2v) is 4.83. The van der Waals surface area contributed by atoms with Crippen molar-refractivity contribution in [1.82, 2.24) is 5.32 Å². The van der Waals surface area contributed by atoms with Crippen LogP contribution in [0, 0.1) is 17.8 Å². The van der Waals surface area contributed by atoms with Gasteiger partial charge in [0.2, 0.25) is 5.91 Å². The lowest BCUT2D eigenvalue weighted by Crippen LogP contribution is -2.38. The van der Waals surface area contributed by atoms with E-state index < -0.39 is 0 Å². The van der Waals surface area contributed by atoms with Gasteiger partial charge in [-0.05, 0) is 43.9 Å². The Bertz CT molecular complexity index is 214. The van der Waals surface area contributed by atoms with Gasteiger partial charge >= 0.3 is 0 Å². The first-order chi connectivity index (χ1) is 6.16. The van der Waals surface area contributed by atoms with E-state index in [-0.39, 0.29) is 5.91 Å². The summed E-state index contributed by atoms with van der Waals surface area (Å²) >= 11 is 0. The van der Waals surface area contributed by atoms with Crippen LogP contribution in [0.15, 0.2) is 0 Å². The normalized spacial score (nSPS) is 39.1. The molecule has 0 aromatic heterocycles. The second-order valence-electron chi connectivity index (χ2n) is 4.83. The predicted octanol–water partition coefficient (Wildman–Crippen LogP) is 1.95. The van der Waals surface area contributed by atoms with E-state index >= 15 is 0 Å². The van der Waals surface area contributed by atoms with Gasteiger partial charge in [0.25, 0.3) is 0 Å². The Balaban J connectivity index is 1.91. The Hall–Kier alpha value is -0.530. The molecule has 2 saturated carbocycles. The maximum absolute atomic E-state index is 10.9. The van der Waals surface area contributed by atoms with Crippen molar-refractivity contribution < 1.29 is 4.79 Å². The van der Waals surface area contributed by atoms with E-state index in [0.29, 0.717) is 6.04 Å². The highest BCUT2D eigenvalue weighted by molar-refractivity contribution is 5.73. The molecule has 0 aromatic rings. The van der Waals surface area contributed by atoms with Gasteiger partial charge in [0.05, 0.1) is 0 Å². The molecule has 0 aliphatic heterocycles. The maximum atomic E-state index is 10.9. The number of amides is 1. The smallest absolute Gasteiger partial charge is 0.217 e. The van der Waals surface area contributed by atoms with E-state index in [0.717, 1.165) is 17.8 Å². The Labute approximate surface area is 80.1 Å². The number of carbonyl (C=O) groups excluding carboxylic acids is 1. The summed E-state index contributed by atoms with van der Waals surface area (Å²) in [5, 5.41) is 3.03. The van der Waals surface area contributed by atoms with Gasteiger partial charge in [-0.2, -0.15) is 0 Å². The molecular weight excluding hydrogens is 162 g/mol. The number of hydrogen-bond acceptors (Lipinski definition) is 1. The summed E-state index contributed by atoms with van der Waals surface area (Å²) in [6.07, 6.45) is 5.62. The minimum atomic E-state index is 0.121. The van der Waals surface area contributed by atoms with Crippen molar-refractivity contribution in [3.63, 3.8) is 0 Å². The van der Waals surface area contributed by atoms with Crippen molar-refractivity contribution in [2.24, 2.45) is 17.8 Å². The van der Waals surface area contributed by atoms with Crippen LogP contribution >= 0.6 is 0 Å². The molecule has 2 aliphatic rings. The summed E-state index contributed by atoms with van der Waals surface area (Å²) in [5.74, 6) is 2.77. The van der Waals surface area contributed by atoms with E-state index in [4.69, 9.17) is 0 Å². The zero-order chi connectivity index (χ0) is 9.42. The molecule has 0 spiro atoms. The zero-order valence-corrected chi connectivity index (χ0v) is 8.55. The molecule has 2 heteroatoms. The molecule has 2 fully saturated rings. The van der Waals surface area contributed by atoms with Gasteiger partial charge < -0.3 is 5.32 Å². The Morgan fingerprint density at radius 3 is 2.62 bits per heavy atom. The third-order valence-electron chi connectivity index (χ3n) is 3.87. The van der Waals surface area contributed by atoms with Crippen LogP contribution in [0.4, 0.5) is 0 Å². The van der Waals surface area contributed by atoms with Gasteiger partial charge in [-0.15, -0.1) is 0 Å². The predicted molar refractivity (Wildman–Crippen MR) is 52.2 cm³/mol. The standard InChI is InChI=1S/C11H19NO/c1-7(12-8(2)13)11-6-9-3-4-10(11)5-9/h7,9-11H,3-6H2,1-2H3,(H,12,13)/t7-,9+,10+,11+/m1/s1. The monoisotopic (exact) mass is 181 g/mol. The van der Waals surface area contributed by atoms with Gasteiger partial charge in [0, 0.05) is 13.0 Å². The highest BCUT2D eigenvalue weighted by Crippen LogP contribution is 2.49. The zero-order valence-electron chi connectivity index (χ0n) is 8.55. The summed E-state index contributed by atoms with van der Waals surface area (Å²) < 4.78 is 0. The van der Waals surface area contributed by atoms with Crippen molar-refractivity contribution in [3.05, 3.63) is 0 Å². The van der Waals surface area contributed by atoms with Crippen LogP contribution in [0.25, 0.3) is 0 Å². The average Bonchev–Trinajstić information content (AvgIpc) is 2.62. The van der Waals surface area contributed by atoms with Crippen molar-refractivity contribution in [1.29, 1.82) is 0 Å². The fraction of sp³-hybridized carbons (Fsp3) is 0.909. The molecule has 0 aromatic carbocycles. The van der Waals surface area contributed by atoms with Crippen LogP contribution in [0.3, 0.4) is 0 Å². The first kappa shape index (κ1) is 9.04. The number of carbonyl (C=O) groups is 1. The van der Waals surface area contributed by atoms with Crippen molar-refractivity contribution in [2.45, 2.75) is 45.6 Å². The van der Waals surface area contributed by atoms with Crippen LogP contribution < -0.4 is 5.32 Å². The molecule has 13 heavy (non-hydrogen) atoms. The highest BCUT2D eigenvalue weighted by Gasteiger charge is 2.41. The van der Waals surface area contributed by atoms with Gasteiger partial charge in [-0.25, -0.2) is 0 Å². The molecule has 4 atom stereocenters. The van der Waals surface area contributed by atoms with Crippen LogP contribution in [-0.4, -0.2) is 11.9 Å². The third kappa shape index (κ3) is 1.72. The van der Waals surface area contributed by atoms with Crippen LogP contribution in [0.5, 0.6) is 0 Å². The molecule has 0 heterocycles. The molecule has 2 rings (SSSR count). The van der Waals surface area contributed by atoms with Gasteiger partial charge in [-0.3, -0.25) is 4.79 Å². The summed E-state index contributed by atoms with van der Waals surface area (Å²) in [4.78, 5) is 10.9. The molecule has 2 nitrogen and oxygen atoms in total.